The molecule has 8 rings (SSSR count). The number of Topliss-reactive ketones (excluding diaryl/α,β-unsaturated/α-hetero) is 2. The number of nitrogen functional groups attached to an aromatic ring is 2. The van der Waals surface area contributed by atoms with Crippen molar-refractivity contribution in [2.24, 2.45) is 0 Å². The molecule has 4 aromatic carbocycles. The van der Waals surface area contributed by atoms with Gasteiger partial charge in [-0.3, -0.25) is 39.2 Å². The topological polar surface area (TPSA) is 263 Å². The second-order valence-electron chi connectivity index (χ2n) is 18.9. The van der Waals surface area contributed by atoms with Gasteiger partial charge in [0.25, 0.3) is 0 Å². The van der Waals surface area contributed by atoms with Crippen LogP contribution in [0.4, 0.5) is 31.8 Å². The first kappa shape index (κ1) is 65.6. The number of aromatic hydroxyl groups is 1. The van der Waals surface area contributed by atoms with Crippen LogP contribution in [0.25, 0.3) is 11.4 Å². The van der Waals surface area contributed by atoms with Crippen LogP contribution >= 0.6 is 11.6 Å². The maximum atomic E-state index is 14.9. The molecule has 4 aromatic heterocycles. The Labute approximate surface area is 505 Å². The number of phenols is 1. The number of hydrogen-bond donors (Lipinski definition) is 3. The van der Waals surface area contributed by atoms with Gasteiger partial charge in [0.05, 0.1) is 21.2 Å². The number of nitrogens with zero attached hydrogens (tertiary/aromatic N) is 8. The Morgan fingerprint density at radius 2 is 1.13 bits per heavy atom. The van der Waals surface area contributed by atoms with E-state index >= 15 is 0 Å². The van der Waals surface area contributed by atoms with Gasteiger partial charge in [-0.1, -0.05) is 72.7 Å². The Morgan fingerprint density at radius 3 is 1.53 bits per heavy atom. The average molecular weight is 1240 g/mol. The van der Waals surface area contributed by atoms with Gasteiger partial charge in [0.15, 0.2) is 0 Å². The summed E-state index contributed by atoms with van der Waals surface area (Å²) in [7, 11) is 0. The van der Waals surface area contributed by atoms with E-state index in [1.54, 1.807) is 27.6 Å². The number of aromatic nitrogens is 6. The van der Waals surface area contributed by atoms with Crippen molar-refractivity contribution in [2.45, 2.75) is 85.5 Å². The van der Waals surface area contributed by atoms with Gasteiger partial charge >= 0.3 is 11.4 Å². The SMILES string of the molecule is C.CC(C)(C)c1cc(CC(=O)Cc2ccc(O)cc2F)n(-c2c[c-]ccc2)n1.CC(C)(C)c1cc(CC(=O)Cc2ccc(Oc3ccnc(N)c3[N+](=O)[O-])cc2F)n(-c2c[c-]ccc2)n1.Nc1nccc(Cl)c1[N+](=O)[O-].[Y].[Y]. The number of carbonyl (C=O) groups is 2. The fraction of sp³-hybridized carbons (Fsp3) is 0.236. The van der Waals surface area contributed by atoms with Crippen LogP contribution in [-0.2, 0) is 112 Å². The standard InChI is InChI=1S/C27H25FN5O4.C22H22FN2O2.C5H4ClN3O2.CH4.2Y/c1-27(2,3)24-15-19(32(31-24)18-7-5-4-6-8-18)14-20(34)13-17-9-10-21(16-22(17)28)37-23-11-12-30-26(29)25(23)33(35)36;1-22(2,3)21-13-17(25(24-21)16-7-5-4-6-8-16)12-19(27)11-15-9-10-18(26)14-20(15)23;6-3-1-2-8-5(7)4(3)9(10)11;;;/h4-5,7-12,15-16H,13-14H2,1-3H3,(H2,29,30);4-5,7-10,13-14,26H,11-12H2,1-3H3;1-2H,(H2,7,8);1H4;;/q2*-1;;;;. The third-order valence-electron chi connectivity index (χ3n) is 11.0. The van der Waals surface area contributed by atoms with E-state index in [9.17, 15) is 43.7 Å². The van der Waals surface area contributed by atoms with Crippen molar-refractivity contribution in [3.8, 4) is 28.6 Å². The maximum Gasteiger partial charge on any atom is 0.353 e. The predicted molar refractivity (Wildman–Crippen MR) is 284 cm³/mol. The first-order chi connectivity index (χ1) is 35.4. The van der Waals surface area contributed by atoms with Crippen molar-refractivity contribution in [3.63, 3.8) is 0 Å². The van der Waals surface area contributed by atoms with Crippen LogP contribution < -0.4 is 16.2 Å². The zero-order valence-electron chi connectivity index (χ0n) is 42.7. The third kappa shape index (κ3) is 17.7. The molecule has 2 radical (unpaired) electrons. The van der Waals surface area contributed by atoms with Crippen LogP contribution in [0.1, 0.15) is 82.9 Å². The number of nitro groups is 2. The van der Waals surface area contributed by atoms with Crippen LogP contribution in [0.5, 0.6) is 17.2 Å². The minimum absolute atomic E-state index is 0. The summed E-state index contributed by atoms with van der Waals surface area (Å²) in [4.78, 5) is 52.9. The van der Waals surface area contributed by atoms with Gasteiger partial charge in [0, 0.05) is 144 Å². The fourth-order valence-electron chi connectivity index (χ4n) is 7.14. The Kier molecular flexibility index (Phi) is 24.2. The number of phenolic OH excluding ortho intramolecular Hbond substituents is 1. The summed E-state index contributed by atoms with van der Waals surface area (Å²) in [6, 6.07) is 34.9. The van der Waals surface area contributed by atoms with E-state index in [2.05, 4.69) is 48.0 Å². The average Bonchev–Trinajstić information content (AvgIpc) is 3.97. The van der Waals surface area contributed by atoms with Crippen molar-refractivity contribution in [1.29, 1.82) is 0 Å². The number of pyridine rings is 2. The fourth-order valence-corrected chi connectivity index (χ4v) is 7.36. The van der Waals surface area contributed by atoms with Crippen LogP contribution in [-0.4, -0.2) is 56.0 Å². The predicted octanol–water partition coefficient (Wildman–Crippen LogP) is 11.2. The number of anilines is 2. The van der Waals surface area contributed by atoms with E-state index in [1.165, 1.54) is 48.8 Å². The van der Waals surface area contributed by atoms with Gasteiger partial charge in [-0.05, 0) is 52.8 Å². The summed E-state index contributed by atoms with van der Waals surface area (Å²) in [6.45, 7) is 12.3. The van der Waals surface area contributed by atoms with Crippen LogP contribution in [0.15, 0.2) is 122 Å². The summed E-state index contributed by atoms with van der Waals surface area (Å²) in [5.74, 6) is -2.35. The second kappa shape index (κ2) is 28.8. The van der Waals surface area contributed by atoms with Gasteiger partial charge in [-0.2, -0.15) is 58.7 Å². The molecule has 0 spiro atoms. The summed E-state index contributed by atoms with van der Waals surface area (Å²) < 4.78 is 37.7. The third-order valence-corrected chi connectivity index (χ3v) is 11.3. The summed E-state index contributed by atoms with van der Waals surface area (Å²) in [5, 5.41) is 40.2. The van der Waals surface area contributed by atoms with Gasteiger partial charge in [-0.15, -0.1) is 12.1 Å². The normalized spacial score (nSPS) is 10.7. The monoisotopic (exact) mass is 1230 g/mol. The first-order valence-corrected chi connectivity index (χ1v) is 23.3. The molecule has 5 N–H and O–H groups in total. The van der Waals surface area contributed by atoms with E-state index in [-0.39, 0.29) is 172 Å². The molecule has 0 aliphatic heterocycles. The van der Waals surface area contributed by atoms with Crippen LogP contribution in [0, 0.1) is 44.0 Å². The van der Waals surface area contributed by atoms with E-state index < -0.39 is 27.2 Å². The van der Waals surface area contributed by atoms with Crippen molar-refractivity contribution in [1.82, 2.24) is 29.5 Å². The van der Waals surface area contributed by atoms with E-state index in [4.69, 9.17) is 32.9 Å². The largest absolute Gasteiger partial charge is 0.508 e. The van der Waals surface area contributed by atoms with Crippen molar-refractivity contribution in [2.75, 3.05) is 11.5 Å². The maximum absolute atomic E-state index is 14.9. The second-order valence-corrected chi connectivity index (χ2v) is 19.3. The molecule has 0 fully saturated rings. The molecule has 0 bridgehead atoms. The summed E-state index contributed by atoms with van der Waals surface area (Å²) in [5.41, 5.74) is 14.7. The Balaban J connectivity index is 0.000000342. The summed E-state index contributed by atoms with van der Waals surface area (Å²) >= 11 is 5.46. The van der Waals surface area contributed by atoms with Crippen LogP contribution in [0.3, 0.4) is 0 Å². The molecule has 0 aliphatic rings. The number of rotatable bonds is 14. The van der Waals surface area contributed by atoms with Crippen LogP contribution in [0.2, 0.25) is 5.02 Å². The molecule has 0 atom stereocenters. The molecule has 18 nitrogen and oxygen atoms in total. The zero-order chi connectivity index (χ0) is 54.8. The molecule has 0 unspecified atom stereocenters. The van der Waals surface area contributed by atoms with E-state index in [0.29, 0.717) is 5.69 Å². The molecule has 8 aromatic rings. The molecule has 0 saturated carbocycles. The molecule has 4 heterocycles. The smallest absolute Gasteiger partial charge is 0.353 e. The van der Waals surface area contributed by atoms with Gasteiger partial charge in [0.1, 0.15) is 39.7 Å². The first-order valence-electron chi connectivity index (χ1n) is 22.9. The Bertz CT molecular complexity index is 3350. The molecule has 78 heavy (non-hydrogen) atoms. The van der Waals surface area contributed by atoms with Gasteiger partial charge < -0.3 is 21.3 Å². The zero-order valence-corrected chi connectivity index (χ0v) is 49.1. The number of carbonyl (C=O) groups excluding carboxylic acids is 2. The van der Waals surface area contributed by atoms with E-state index in [0.717, 1.165) is 40.6 Å². The molecule has 0 saturated heterocycles. The minimum atomic E-state index is -0.718. The van der Waals surface area contributed by atoms with Gasteiger partial charge in [0.2, 0.25) is 17.4 Å². The number of halogens is 3. The Morgan fingerprint density at radius 1 is 0.679 bits per heavy atom. The van der Waals surface area contributed by atoms with Crippen molar-refractivity contribution < 1.29 is 103 Å². The number of ketones is 2. The molecular weight excluding hydrogens is 1180 g/mol. The minimum Gasteiger partial charge on any atom is -0.508 e. The molecule has 402 valence electrons. The van der Waals surface area contributed by atoms with Crippen molar-refractivity contribution in [3.05, 3.63) is 205 Å². The molecule has 0 aliphatic carbocycles. The quantitative estimate of drug-likeness (QED) is 0.0519. The molecular formula is C55H55ClF2N10O8Y2-2. The molecule has 0 amide bonds. The number of nitrogens with two attached hydrogens (primary N) is 2. The number of ether oxygens (including phenoxy) is 1. The Hall–Kier alpha value is -6.70. The molecule has 23 heteroatoms. The van der Waals surface area contributed by atoms with Gasteiger partial charge in [-0.25, -0.2) is 18.7 Å². The number of benzene rings is 4. The van der Waals surface area contributed by atoms with E-state index in [1.807, 2.05) is 63.2 Å². The summed E-state index contributed by atoms with van der Waals surface area (Å²) in [6.07, 6.45) is 2.57. The number of hydrogen-bond acceptors (Lipinski definition) is 14. The van der Waals surface area contributed by atoms with Crippen molar-refractivity contribution >= 4 is 46.2 Å².